The number of carbonyl (C=O) groups is 1. The van der Waals surface area contributed by atoms with E-state index in [0.29, 0.717) is 36.0 Å². The molecule has 0 saturated carbocycles. The van der Waals surface area contributed by atoms with E-state index in [-0.39, 0.29) is 17.1 Å². The molecular formula is C27H31FO7. The van der Waals surface area contributed by atoms with Crippen LogP contribution in [0.5, 0.6) is 23.0 Å². The van der Waals surface area contributed by atoms with Crippen LogP contribution in [0, 0.1) is 5.82 Å². The fourth-order valence-corrected chi connectivity index (χ4v) is 4.02. The quantitative estimate of drug-likeness (QED) is 0.340. The number of methoxy groups -OCH3 is 2. The Bertz CT molecular complexity index is 1040. The van der Waals surface area contributed by atoms with Crippen LogP contribution in [0.15, 0.2) is 36.4 Å². The Kier molecular flexibility index (Phi) is 8.60. The lowest BCUT2D eigenvalue weighted by atomic mass is 10.1. The van der Waals surface area contributed by atoms with E-state index in [1.54, 1.807) is 18.2 Å². The van der Waals surface area contributed by atoms with Crippen molar-refractivity contribution in [2.75, 3.05) is 27.4 Å². The van der Waals surface area contributed by atoms with Crippen LogP contribution in [0.4, 0.5) is 4.39 Å². The van der Waals surface area contributed by atoms with Crippen LogP contribution in [0.2, 0.25) is 0 Å². The second kappa shape index (κ2) is 12.0. The van der Waals surface area contributed by atoms with E-state index in [4.69, 9.17) is 28.4 Å². The SMILES string of the molecule is COc1ccc(OC)c(C(=O)C=Cc2cc(OC3CCCCO3)c(OC3CCCCO3)cc2F)c1. The molecule has 0 radical (unpaired) electrons. The van der Waals surface area contributed by atoms with Gasteiger partial charge in [0, 0.05) is 24.5 Å². The lowest BCUT2D eigenvalue weighted by Gasteiger charge is -2.27. The molecule has 2 aromatic rings. The molecule has 2 heterocycles. The third-order valence-electron chi connectivity index (χ3n) is 5.94. The molecule has 2 saturated heterocycles. The van der Waals surface area contributed by atoms with Crippen LogP contribution < -0.4 is 18.9 Å². The van der Waals surface area contributed by atoms with Gasteiger partial charge < -0.3 is 28.4 Å². The highest BCUT2D eigenvalue weighted by Gasteiger charge is 2.23. The first kappa shape index (κ1) is 25.0. The summed E-state index contributed by atoms with van der Waals surface area (Å²) in [7, 11) is 2.99. The fraction of sp³-hybridized carbons (Fsp3) is 0.444. The molecule has 7 nitrogen and oxygen atoms in total. The Labute approximate surface area is 204 Å². The van der Waals surface area contributed by atoms with Crippen LogP contribution in [0.1, 0.15) is 54.4 Å². The van der Waals surface area contributed by atoms with E-state index in [0.717, 1.165) is 38.5 Å². The van der Waals surface area contributed by atoms with E-state index in [1.165, 1.54) is 38.5 Å². The van der Waals surface area contributed by atoms with Crippen molar-refractivity contribution in [3.63, 3.8) is 0 Å². The van der Waals surface area contributed by atoms with Crippen LogP contribution >= 0.6 is 0 Å². The Morgan fingerprint density at radius 1 is 0.886 bits per heavy atom. The van der Waals surface area contributed by atoms with Crippen molar-refractivity contribution in [1.82, 2.24) is 0 Å². The van der Waals surface area contributed by atoms with E-state index >= 15 is 4.39 Å². The molecule has 8 heteroatoms. The van der Waals surface area contributed by atoms with Gasteiger partial charge in [0.15, 0.2) is 29.9 Å². The van der Waals surface area contributed by atoms with Gasteiger partial charge in [-0.05, 0) is 62.1 Å². The molecule has 35 heavy (non-hydrogen) atoms. The summed E-state index contributed by atoms with van der Waals surface area (Å²) in [5.41, 5.74) is 0.493. The Morgan fingerprint density at radius 3 is 2.11 bits per heavy atom. The molecule has 2 aliphatic heterocycles. The molecule has 0 spiro atoms. The van der Waals surface area contributed by atoms with E-state index in [1.807, 2.05) is 0 Å². The van der Waals surface area contributed by atoms with Crippen molar-refractivity contribution in [1.29, 1.82) is 0 Å². The summed E-state index contributed by atoms with van der Waals surface area (Å²) in [5, 5.41) is 0. The molecule has 2 aliphatic rings. The monoisotopic (exact) mass is 486 g/mol. The third kappa shape index (κ3) is 6.52. The van der Waals surface area contributed by atoms with Crippen LogP contribution in [0.25, 0.3) is 6.08 Å². The van der Waals surface area contributed by atoms with Gasteiger partial charge in [0.2, 0.25) is 0 Å². The summed E-state index contributed by atoms with van der Waals surface area (Å²) < 4.78 is 48.9. The summed E-state index contributed by atoms with van der Waals surface area (Å²) in [6.45, 7) is 1.21. The largest absolute Gasteiger partial charge is 0.497 e. The van der Waals surface area contributed by atoms with Gasteiger partial charge in [-0.1, -0.05) is 0 Å². The number of allylic oxidation sites excluding steroid dienone is 1. The van der Waals surface area contributed by atoms with Gasteiger partial charge in [0.25, 0.3) is 0 Å². The van der Waals surface area contributed by atoms with E-state index < -0.39 is 18.4 Å². The summed E-state index contributed by atoms with van der Waals surface area (Å²) in [6, 6.07) is 7.73. The number of carbonyl (C=O) groups excluding carboxylic acids is 1. The molecule has 2 aromatic carbocycles. The summed E-state index contributed by atoms with van der Waals surface area (Å²) in [5.74, 6) is 0.613. The second-order valence-electron chi connectivity index (χ2n) is 8.41. The maximum Gasteiger partial charge on any atom is 0.200 e. The molecule has 0 bridgehead atoms. The van der Waals surface area contributed by atoms with Gasteiger partial charge in [0.05, 0.1) is 33.0 Å². The standard InChI is InChI=1S/C27H31FO7/c1-30-19-10-12-23(31-2)20(16-19)22(29)11-9-18-15-24(34-26-7-3-5-13-32-26)25(17-21(18)28)35-27-8-4-6-14-33-27/h9-12,15-17,26-27H,3-8,13-14H2,1-2H3. The van der Waals surface area contributed by atoms with Gasteiger partial charge >= 0.3 is 0 Å². The molecule has 188 valence electrons. The van der Waals surface area contributed by atoms with Crippen molar-refractivity contribution >= 4 is 11.9 Å². The molecule has 0 amide bonds. The Balaban J connectivity index is 1.59. The van der Waals surface area contributed by atoms with Gasteiger partial charge in [0.1, 0.15) is 17.3 Å². The molecule has 2 atom stereocenters. The predicted molar refractivity (Wildman–Crippen MR) is 128 cm³/mol. The fourth-order valence-electron chi connectivity index (χ4n) is 4.02. The predicted octanol–water partition coefficient (Wildman–Crippen LogP) is 5.55. The Morgan fingerprint density at radius 2 is 1.54 bits per heavy atom. The molecule has 0 aliphatic carbocycles. The minimum Gasteiger partial charge on any atom is -0.497 e. The minimum atomic E-state index is -0.547. The number of benzene rings is 2. The maximum absolute atomic E-state index is 15.1. The first-order valence-corrected chi connectivity index (χ1v) is 11.9. The first-order chi connectivity index (χ1) is 17.1. The highest BCUT2D eigenvalue weighted by atomic mass is 19.1. The number of rotatable bonds is 9. The molecule has 0 N–H and O–H groups in total. The third-order valence-corrected chi connectivity index (χ3v) is 5.94. The zero-order valence-electron chi connectivity index (χ0n) is 20.1. The topological polar surface area (TPSA) is 72.5 Å². The number of ketones is 1. The van der Waals surface area contributed by atoms with Gasteiger partial charge in [-0.2, -0.15) is 0 Å². The van der Waals surface area contributed by atoms with Gasteiger partial charge in [-0.3, -0.25) is 4.79 Å². The average molecular weight is 487 g/mol. The average Bonchev–Trinajstić information content (AvgIpc) is 2.90. The van der Waals surface area contributed by atoms with Crippen molar-refractivity contribution < 1.29 is 37.6 Å². The number of hydrogen-bond donors (Lipinski definition) is 0. The summed E-state index contributed by atoms with van der Waals surface area (Å²) in [6.07, 6.45) is 7.17. The molecule has 2 fully saturated rings. The zero-order chi connectivity index (χ0) is 24.6. The number of ether oxygens (including phenoxy) is 6. The molecular weight excluding hydrogens is 455 g/mol. The van der Waals surface area contributed by atoms with Crippen molar-refractivity contribution in [2.24, 2.45) is 0 Å². The summed E-state index contributed by atoms with van der Waals surface area (Å²) in [4.78, 5) is 12.9. The number of halogens is 1. The lowest BCUT2D eigenvalue weighted by Crippen LogP contribution is -2.27. The lowest BCUT2D eigenvalue weighted by molar-refractivity contribution is -0.119. The maximum atomic E-state index is 15.1. The first-order valence-electron chi connectivity index (χ1n) is 11.9. The zero-order valence-corrected chi connectivity index (χ0v) is 20.1. The van der Waals surface area contributed by atoms with Gasteiger partial charge in [-0.15, -0.1) is 0 Å². The van der Waals surface area contributed by atoms with Crippen molar-refractivity contribution in [3.8, 4) is 23.0 Å². The smallest absolute Gasteiger partial charge is 0.200 e. The normalized spacial score (nSPS) is 20.4. The molecule has 4 rings (SSSR count). The van der Waals surface area contributed by atoms with Gasteiger partial charge in [-0.25, -0.2) is 4.39 Å². The molecule has 2 unspecified atom stereocenters. The van der Waals surface area contributed by atoms with E-state index in [2.05, 4.69) is 0 Å². The minimum absolute atomic E-state index is 0.183. The number of hydrogen-bond acceptors (Lipinski definition) is 7. The van der Waals surface area contributed by atoms with Crippen LogP contribution in [-0.2, 0) is 9.47 Å². The van der Waals surface area contributed by atoms with Crippen LogP contribution in [-0.4, -0.2) is 45.8 Å². The van der Waals surface area contributed by atoms with E-state index in [9.17, 15) is 4.79 Å². The highest BCUT2D eigenvalue weighted by molar-refractivity contribution is 6.09. The Hall–Kier alpha value is -3.10. The molecule has 0 aromatic heterocycles. The van der Waals surface area contributed by atoms with Crippen molar-refractivity contribution in [2.45, 2.75) is 51.1 Å². The second-order valence-corrected chi connectivity index (χ2v) is 8.41. The highest BCUT2D eigenvalue weighted by Crippen LogP contribution is 2.35. The van der Waals surface area contributed by atoms with Crippen LogP contribution in [0.3, 0.4) is 0 Å². The summed E-state index contributed by atoms with van der Waals surface area (Å²) >= 11 is 0. The van der Waals surface area contributed by atoms with Crippen molar-refractivity contribution in [3.05, 3.63) is 53.4 Å².